The predicted octanol–water partition coefficient (Wildman–Crippen LogP) is 4.49. The van der Waals surface area contributed by atoms with Crippen molar-refractivity contribution in [1.82, 2.24) is 4.90 Å². The molecule has 7 nitrogen and oxygen atoms in total. The first-order chi connectivity index (χ1) is 15.9. The van der Waals surface area contributed by atoms with E-state index < -0.39 is 12.0 Å². The lowest BCUT2D eigenvalue weighted by Crippen LogP contribution is -2.40. The molecule has 0 saturated carbocycles. The van der Waals surface area contributed by atoms with Crippen LogP contribution in [0.4, 0.5) is 0 Å². The molecule has 1 amide bonds. The Hall–Kier alpha value is -3.26. The van der Waals surface area contributed by atoms with Gasteiger partial charge in [0.05, 0.1) is 36.3 Å². The van der Waals surface area contributed by atoms with Crippen molar-refractivity contribution in [3.05, 3.63) is 70.9 Å². The van der Waals surface area contributed by atoms with Crippen molar-refractivity contribution in [3.63, 3.8) is 0 Å². The van der Waals surface area contributed by atoms with E-state index in [0.717, 1.165) is 11.1 Å². The molecule has 0 radical (unpaired) electrons. The van der Waals surface area contributed by atoms with Gasteiger partial charge in [0.25, 0.3) is 0 Å². The molecule has 2 aliphatic heterocycles. The van der Waals surface area contributed by atoms with Crippen LogP contribution in [0.5, 0.6) is 11.5 Å². The Morgan fingerprint density at radius 3 is 2.61 bits per heavy atom. The highest BCUT2D eigenvalue weighted by atomic mass is 32.2. The van der Waals surface area contributed by atoms with Gasteiger partial charge in [-0.25, -0.2) is 9.79 Å². The number of aliphatic imine (C=N–C) groups is 1. The number of benzene rings is 2. The molecule has 2 heterocycles. The molecule has 2 aromatic rings. The van der Waals surface area contributed by atoms with E-state index in [4.69, 9.17) is 14.2 Å². The fourth-order valence-corrected chi connectivity index (χ4v) is 4.93. The molecule has 2 atom stereocenters. The molecule has 0 N–H and O–H groups in total. The van der Waals surface area contributed by atoms with Crippen molar-refractivity contribution in [2.24, 2.45) is 4.99 Å². The number of rotatable bonds is 7. The summed E-state index contributed by atoms with van der Waals surface area (Å²) >= 11 is 1.39. The van der Waals surface area contributed by atoms with Gasteiger partial charge in [-0.2, -0.15) is 0 Å². The SMILES string of the molecule is CCOC(=O)C1=C(C)N=C2SC(C)C(=O)N2C1c1ccc(OCc2ccccc2)c(OC)c1. The number of carbonyl (C=O) groups is 2. The van der Waals surface area contributed by atoms with Crippen LogP contribution >= 0.6 is 11.8 Å². The lowest BCUT2D eigenvalue weighted by atomic mass is 9.94. The number of ether oxygens (including phenoxy) is 3. The van der Waals surface area contributed by atoms with Crippen LogP contribution in [0.1, 0.15) is 37.9 Å². The summed E-state index contributed by atoms with van der Waals surface area (Å²) in [6, 6.07) is 14.6. The first kappa shape index (κ1) is 22.9. The van der Waals surface area contributed by atoms with Crippen LogP contribution in [-0.2, 0) is 20.9 Å². The number of thioether (sulfide) groups is 1. The monoisotopic (exact) mass is 466 g/mol. The van der Waals surface area contributed by atoms with Crippen molar-refractivity contribution in [2.45, 2.75) is 38.7 Å². The van der Waals surface area contributed by atoms with E-state index in [-0.39, 0.29) is 17.8 Å². The average Bonchev–Trinajstić information content (AvgIpc) is 3.10. The minimum absolute atomic E-state index is 0.0959. The number of nitrogens with zero attached hydrogens (tertiary/aromatic N) is 2. The Morgan fingerprint density at radius 1 is 1.15 bits per heavy atom. The number of hydrogen-bond donors (Lipinski definition) is 0. The summed E-state index contributed by atoms with van der Waals surface area (Å²) in [6.45, 7) is 5.98. The molecule has 0 bridgehead atoms. The van der Waals surface area contributed by atoms with Gasteiger partial charge < -0.3 is 14.2 Å². The van der Waals surface area contributed by atoms with E-state index in [1.807, 2.05) is 43.3 Å². The highest BCUT2D eigenvalue weighted by molar-refractivity contribution is 8.15. The Morgan fingerprint density at radius 2 is 1.91 bits per heavy atom. The Bertz CT molecular complexity index is 1130. The highest BCUT2D eigenvalue weighted by Crippen LogP contribution is 2.44. The van der Waals surface area contributed by atoms with Gasteiger partial charge in [-0.1, -0.05) is 48.2 Å². The normalized spacial score (nSPS) is 19.8. The summed E-state index contributed by atoms with van der Waals surface area (Å²) in [6.07, 6.45) is 0. The first-order valence-corrected chi connectivity index (χ1v) is 11.6. The molecule has 4 rings (SSSR count). The number of carbonyl (C=O) groups excluding carboxylic acids is 2. The van der Waals surface area contributed by atoms with Crippen LogP contribution in [-0.4, -0.2) is 40.9 Å². The predicted molar refractivity (Wildman–Crippen MR) is 127 cm³/mol. The maximum Gasteiger partial charge on any atom is 0.338 e. The highest BCUT2D eigenvalue weighted by Gasteiger charge is 2.46. The number of amides is 1. The van der Waals surface area contributed by atoms with Crippen LogP contribution in [0.15, 0.2) is 64.8 Å². The van der Waals surface area contributed by atoms with Crippen LogP contribution < -0.4 is 9.47 Å². The second-order valence-corrected chi connectivity index (χ2v) is 8.98. The lowest BCUT2D eigenvalue weighted by molar-refractivity contribution is -0.139. The summed E-state index contributed by atoms with van der Waals surface area (Å²) in [4.78, 5) is 32.1. The summed E-state index contributed by atoms with van der Waals surface area (Å²) < 4.78 is 16.9. The maximum absolute atomic E-state index is 13.0. The van der Waals surface area contributed by atoms with Crippen LogP contribution in [0.25, 0.3) is 0 Å². The molecule has 0 spiro atoms. The molecule has 1 fully saturated rings. The molecule has 0 aromatic heterocycles. The summed E-state index contributed by atoms with van der Waals surface area (Å²) in [5.74, 6) is 0.509. The minimum Gasteiger partial charge on any atom is -0.493 e. The molecule has 33 heavy (non-hydrogen) atoms. The lowest BCUT2D eigenvalue weighted by Gasteiger charge is -2.33. The number of esters is 1. The fraction of sp³-hybridized carbons (Fsp3) is 0.320. The molecule has 172 valence electrons. The number of hydrogen-bond acceptors (Lipinski definition) is 7. The number of allylic oxidation sites excluding steroid dienone is 1. The van der Waals surface area contributed by atoms with Gasteiger partial charge in [-0.3, -0.25) is 9.69 Å². The summed E-state index contributed by atoms with van der Waals surface area (Å²) in [5.41, 5.74) is 2.65. The Kier molecular flexibility index (Phi) is 6.74. The molecule has 8 heteroatoms. The van der Waals surface area contributed by atoms with Gasteiger partial charge in [0.15, 0.2) is 16.7 Å². The Balaban J connectivity index is 1.71. The second kappa shape index (κ2) is 9.70. The number of fused-ring (bicyclic) bond motifs is 1. The molecular weight excluding hydrogens is 440 g/mol. The first-order valence-electron chi connectivity index (χ1n) is 10.8. The standard InChI is InChI=1S/C25H26N2O5S/c1-5-31-24(29)21-15(2)26-25-27(23(28)16(3)33-25)22(21)18-11-12-19(20(13-18)30-4)32-14-17-9-7-6-8-10-17/h6-13,16,22H,5,14H2,1-4H3. The van der Waals surface area contributed by atoms with Crippen molar-refractivity contribution >= 4 is 28.8 Å². The van der Waals surface area contributed by atoms with Gasteiger partial charge in [-0.05, 0) is 44.0 Å². The number of amidine groups is 1. The zero-order valence-electron chi connectivity index (χ0n) is 19.0. The summed E-state index contributed by atoms with van der Waals surface area (Å²) in [7, 11) is 1.56. The minimum atomic E-state index is -0.654. The van der Waals surface area contributed by atoms with Gasteiger partial charge >= 0.3 is 5.97 Å². The smallest absolute Gasteiger partial charge is 0.338 e. The van der Waals surface area contributed by atoms with E-state index in [9.17, 15) is 9.59 Å². The fourth-order valence-electron chi connectivity index (χ4n) is 3.90. The second-order valence-electron chi connectivity index (χ2n) is 7.67. The molecule has 2 aliphatic rings. The molecule has 1 saturated heterocycles. The van der Waals surface area contributed by atoms with Crippen molar-refractivity contribution in [2.75, 3.05) is 13.7 Å². The van der Waals surface area contributed by atoms with Crippen LogP contribution in [0, 0.1) is 0 Å². The quantitative estimate of drug-likeness (QED) is 0.560. The number of methoxy groups -OCH3 is 1. The van der Waals surface area contributed by atoms with Crippen molar-refractivity contribution in [1.29, 1.82) is 0 Å². The van der Waals surface area contributed by atoms with E-state index in [1.54, 1.807) is 38.0 Å². The van der Waals surface area contributed by atoms with Crippen molar-refractivity contribution in [3.8, 4) is 11.5 Å². The van der Waals surface area contributed by atoms with Gasteiger partial charge in [0.1, 0.15) is 6.61 Å². The Labute approximate surface area is 197 Å². The third-order valence-electron chi connectivity index (χ3n) is 5.49. The molecule has 2 aromatic carbocycles. The van der Waals surface area contributed by atoms with Crippen LogP contribution in [0.2, 0.25) is 0 Å². The third-order valence-corrected chi connectivity index (χ3v) is 6.55. The summed E-state index contributed by atoms with van der Waals surface area (Å²) in [5, 5.41) is 0.308. The van der Waals surface area contributed by atoms with E-state index >= 15 is 0 Å². The molecule has 2 unspecified atom stereocenters. The topological polar surface area (TPSA) is 77.4 Å². The third kappa shape index (κ3) is 4.48. The van der Waals surface area contributed by atoms with Gasteiger partial charge in [0, 0.05) is 0 Å². The van der Waals surface area contributed by atoms with Gasteiger partial charge in [0.2, 0.25) is 5.91 Å². The maximum atomic E-state index is 13.0. The van der Waals surface area contributed by atoms with E-state index in [0.29, 0.717) is 34.5 Å². The van der Waals surface area contributed by atoms with Crippen LogP contribution in [0.3, 0.4) is 0 Å². The molecular formula is C25H26N2O5S. The zero-order chi connectivity index (χ0) is 23.5. The average molecular weight is 467 g/mol. The largest absolute Gasteiger partial charge is 0.493 e. The van der Waals surface area contributed by atoms with Gasteiger partial charge in [-0.15, -0.1) is 0 Å². The van der Waals surface area contributed by atoms with E-state index in [2.05, 4.69) is 4.99 Å². The van der Waals surface area contributed by atoms with E-state index in [1.165, 1.54) is 11.8 Å². The van der Waals surface area contributed by atoms with Crippen molar-refractivity contribution < 1.29 is 23.8 Å². The molecule has 0 aliphatic carbocycles. The zero-order valence-corrected chi connectivity index (χ0v) is 19.8.